The van der Waals surface area contributed by atoms with Crippen LogP contribution in [0.25, 0.3) is 0 Å². The summed E-state index contributed by atoms with van der Waals surface area (Å²) in [6, 6.07) is 0.603. The maximum Gasteiger partial charge on any atom is 0.0598 e. The molecule has 0 saturated heterocycles. The first-order chi connectivity index (χ1) is 5.07. The fourth-order valence-electron chi connectivity index (χ4n) is 1.16. The van der Waals surface area contributed by atoms with Gasteiger partial charge in [0.1, 0.15) is 0 Å². The zero-order chi connectivity index (χ0) is 8.85. The quantitative estimate of drug-likeness (QED) is 0.558. The summed E-state index contributed by atoms with van der Waals surface area (Å²) in [7, 11) is 2.08. The minimum Gasteiger partial charge on any atom is -0.293 e. The topological polar surface area (TPSA) is 3.24 Å². The summed E-state index contributed by atoms with van der Waals surface area (Å²) in [5.74, 6) is 3.40. The van der Waals surface area contributed by atoms with Crippen LogP contribution in [0.2, 0.25) is 0 Å². The number of hydrogen-bond donors (Lipinski definition) is 0. The van der Waals surface area contributed by atoms with Crippen molar-refractivity contribution in [3.05, 3.63) is 0 Å². The van der Waals surface area contributed by atoms with Gasteiger partial charge in [0.2, 0.25) is 0 Å². The lowest BCUT2D eigenvalue weighted by atomic mass is 10.0. The lowest BCUT2D eigenvalue weighted by Gasteiger charge is -2.23. The van der Waals surface area contributed by atoms with E-state index in [9.17, 15) is 0 Å². The van der Waals surface area contributed by atoms with E-state index in [-0.39, 0.29) is 0 Å². The third kappa shape index (κ3) is 4.86. The highest BCUT2D eigenvalue weighted by molar-refractivity contribution is 4.88. The molecule has 0 fully saturated rings. The SMILES string of the molecule is C#CCN(C)C(C)CC(C)C. The Morgan fingerprint density at radius 2 is 1.91 bits per heavy atom. The van der Waals surface area contributed by atoms with Crippen LogP contribution in [0.4, 0.5) is 0 Å². The van der Waals surface area contributed by atoms with E-state index in [4.69, 9.17) is 6.42 Å². The molecule has 0 saturated carbocycles. The van der Waals surface area contributed by atoms with Crippen LogP contribution < -0.4 is 0 Å². The van der Waals surface area contributed by atoms with Crippen molar-refractivity contribution >= 4 is 0 Å². The summed E-state index contributed by atoms with van der Waals surface area (Å²) in [5, 5.41) is 0. The highest BCUT2D eigenvalue weighted by Gasteiger charge is 2.08. The summed E-state index contributed by atoms with van der Waals surface area (Å²) >= 11 is 0. The third-order valence-corrected chi connectivity index (χ3v) is 1.91. The van der Waals surface area contributed by atoms with E-state index < -0.39 is 0 Å². The first kappa shape index (κ1) is 10.5. The zero-order valence-corrected chi connectivity index (χ0v) is 8.09. The molecule has 0 aromatic rings. The smallest absolute Gasteiger partial charge is 0.0598 e. The molecule has 0 aromatic heterocycles. The van der Waals surface area contributed by atoms with Crippen molar-refractivity contribution in [2.75, 3.05) is 13.6 Å². The maximum absolute atomic E-state index is 5.21. The number of hydrogen-bond acceptors (Lipinski definition) is 1. The molecule has 0 aliphatic heterocycles. The van der Waals surface area contributed by atoms with E-state index in [1.807, 2.05) is 0 Å². The normalized spacial score (nSPS) is 13.5. The van der Waals surface area contributed by atoms with Crippen LogP contribution in [-0.2, 0) is 0 Å². The van der Waals surface area contributed by atoms with Gasteiger partial charge >= 0.3 is 0 Å². The Morgan fingerprint density at radius 1 is 1.36 bits per heavy atom. The molecule has 1 heteroatoms. The second-order valence-corrected chi connectivity index (χ2v) is 3.60. The van der Waals surface area contributed by atoms with Crippen molar-refractivity contribution in [3.8, 4) is 12.3 Å². The van der Waals surface area contributed by atoms with Crippen molar-refractivity contribution in [1.82, 2.24) is 4.90 Å². The van der Waals surface area contributed by atoms with Crippen molar-refractivity contribution in [2.45, 2.75) is 33.2 Å². The van der Waals surface area contributed by atoms with Crippen molar-refractivity contribution in [3.63, 3.8) is 0 Å². The third-order valence-electron chi connectivity index (χ3n) is 1.91. The average Bonchev–Trinajstić information content (AvgIpc) is 1.86. The van der Waals surface area contributed by atoms with Gasteiger partial charge in [-0.15, -0.1) is 6.42 Å². The van der Waals surface area contributed by atoms with Gasteiger partial charge in [0.05, 0.1) is 6.54 Å². The Hall–Kier alpha value is -0.480. The molecular weight excluding hydrogens is 134 g/mol. The first-order valence-electron chi connectivity index (χ1n) is 4.21. The van der Waals surface area contributed by atoms with E-state index in [1.165, 1.54) is 6.42 Å². The summed E-state index contributed by atoms with van der Waals surface area (Å²) in [4.78, 5) is 2.21. The van der Waals surface area contributed by atoms with E-state index in [0.29, 0.717) is 6.04 Å². The van der Waals surface area contributed by atoms with Gasteiger partial charge in [-0.3, -0.25) is 4.90 Å². The molecule has 64 valence electrons. The molecule has 0 heterocycles. The average molecular weight is 153 g/mol. The Morgan fingerprint density at radius 3 is 2.27 bits per heavy atom. The fourth-order valence-corrected chi connectivity index (χ4v) is 1.16. The van der Waals surface area contributed by atoms with Crippen LogP contribution in [-0.4, -0.2) is 24.5 Å². The summed E-state index contributed by atoms with van der Waals surface area (Å²) in [5.41, 5.74) is 0. The van der Waals surface area contributed by atoms with Crippen LogP contribution >= 0.6 is 0 Å². The molecule has 0 bridgehead atoms. The second kappa shape index (κ2) is 5.21. The molecule has 1 unspecified atom stereocenters. The van der Waals surface area contributed by atoms with Gasteiger partial charge in [0.15, 0.2) is 0 Å². The van der Waals surface area contributed by atoms with Crippen LogP contribution in [0.5, 0.6) is 0 Å². The highest BCUT2D eigenvalue weighted by atomic mass is 15.1. The van der Waals surface area contributed by atoms with Gasteiger partial charge in [-0.25, -0.2) is 0 Å². The lowest BCUT2D eigenvalue weighted by molar-refractivity contribution is 0.253. The number of terminal acetylenes is 1. The van der Waals surface area contributed by atoms with E-state index >= 15 is 0 Å². The van der Waals surface area contributed by atoms with E-state index in [1.54, 1.807) is 0 Å². The van der Waals surface area contributed by atoms with Crippen molar-refractivity contribution in [1.29, 1.82) is 0 Å². The van der Waals surface area contributed by atoms with Crippen molar-refractivity contribution in [2.24, 2.45) is 5.92 Å². The predicted molar refractivity (Wildman–Crippen MR) is 50.4 cm³/mol. The van der Waals surface area contributed by atoms with Gasteiger partial charge in [-0.05, 0) is 26.3 Å². The van der Waals surface area contributed by atoms with Crippen LogP contribution in [0.3, 0.4) is 0 Å². The molecule has 1 atom stereocenters. The molecule has 0 aromatic carbocycles. The Balaban J connectivity index is 3.65. The molecule has 0 amide bonds. The summed E-state index contributed by atoms with van der Waals surface area (Å²) < 4.78 is 0. The molecule has 0 N–H and O–H groups in total. The molecular formula is C10H19N. The molecule has 0 aliphatic carbocycles. The molecule has 0 aliphatic rings. The highest BCUT2D eigenvalue weighted by Crippen LogP contribution is 2.08. The van der Waals surface area contributed by atoms with Crippen LogP contribution in [0.15, 0.2) is 0 Å². The molecule has 0 rings (SSSR count). The summed E-state index contributed by atoms with van der Waals surface area (Å²) in [6.45, 7) is 7.45. The molecule has 1 nitrogen and oxygen atoms in total. The van der Waals surface area contributed by atoms with Crippen LogP contribution in [0, 0.1) is 18.3 Å². The van der Waals surface area contributed by atoms with Gasteiger partial charge in [0.25, 0.3) is 0 Å². The minimum atomic E-state index is 0.603. The first-order valence-corrected chi connectivity index (χ1v) is 4.21. The van der Waals surface area contributed by atoms with Gasteiger partial charge < -0.3 is 0 Å². The van der Waals surface area contributed by atoms with E-state index in [0.717, 1.165) is 12.5 Å². The Kier molecular flexibility index (Phi) is 4.98. The van der Waals surface area contributed by atoms with Crippen LogP contribution in [0.1, 0.15) is 27.2 Å². The molecule has 0 radical (unpaired) electrons. The fraction of sp³-hybridized carbons (Fsp3) is 0.800. The second-order valence-electron chi connectivity index (χ2n) is 3.60. The van der Waals surface area contributed by atoms with Gasteiger partial charge in [-0.1, -0.05) is 19.8 Å². The van der Waals surface area contributed by atoms with E-state index in [2.05, 4.69) is 38.6 Å². The lowest BCUT2D eigenvalue weighted by Crippen LogP contribution is -2.30. The number of nitrogens with zero attached hydrogens (tertiary/aromatic N) is 1. The maximum atomic E-state index is 5.21. The molecule has 11 heavy (non-hydrogen) atoms. The predicted octanol–water partition coefficient (Wildman–Crippen LogP) is 1.99. The Bertz CT molecular complexity index is 132. The standard InChI is InChI=1S/C10H19N/c1-6-7-11(5)10(4)8-9(2)3/h1,9-10H,7-8H2,2-5H3. The summed E-state index contributed by atoms with van der Waals surface area (Å²) in [6.07, 6.45) is 6.43. The monoisotopic (exact) mass is 153 g/mol. The van der Waals surface area contributed by atoms with Gasteiger partial charge in [0, 0.05) is 6.04 Å². The largest absolute Gasteiger partial charge is 0.293 e. The Labute approximate surface area is 70.8 Å². The van der Waals surface area contributed by atoms with Crippen molar-refractivity contribution < 1.29 is 0 Å². The molecule has 0 spiro atoms. The zero-order valence-electron chi connectivity index (χ0n) is 8.09. The number of rotatable bonds is 4. The minimum absolute atomic E-state index is 0.603. The van der Waals surface area contributed by atoms with Gasteiger partial charge in [-0.2, -0.15) is 0 Å².